The molecule has 20 heavy (non-hydrogen) atoms. The van der Waals surface area contributed by atoms with Crippen LogP contribution in [0, 0.1) is 10.1 Å². The van der Waals surface area contributed by atoms with E-state index in [-0.39, 0.29) is 23.6 Å². The highest BCUT2D eigenvalue weighted by molar-refractivity contribution is 6.02. The number of rotatable bonds is 7. The lowest BCUT2D eigenvalue weighted by Crippen LogP contribution is -2.32. The van der Waals surface area contributed by atoms with Gasteiger partial charge in [-0.05, 0) is 19.1 Å². The first-order valence-electron chi connectivity index (χ1n) is 5.79. The van der Waals surface area contributed by atoms with Crippen molar-refractivity contribution in [1.29, 1.82) is 0 Å². The predicted octanol–water partition coefficient (Wildman–Crippen LogP) is 0.978. The van der Waals surface area contributed by atoms with Crippen molar-refractivity contribution in [3.05, 3.63) is 33.9 Å². The van der Waals surface area contributed by atoms with Gasteiger partial charge in [-0.1, -0.05) is 0 Å². The summed E-state index contributed by atoms with van der Waals surface area (Å²) in [5.74, 6) is -1.84. The van der Waals surface area contributed by atoms with E-state index in [1.807, 2.05) is 0 Å². The van der Waals surface area contributed by atoms with Gasteiger partial charge in [-0.25, -0.2) is 0 Å². The monoisotopic (exact) mass is 282 g/mol. The second kappa shape index (κ2) is 6.62. The molecule has 1 unspecified atom stereocenters. The maximum absolute atomic E-state index is 11.9. The van der Waals surface area contributed by atoms with Crippen LogP contribution in [-0.4, -0.2) is 34.4 Å². The van der Waals surface area contributed by atoms with Crippen LogP contribution in [0.3, 0.4) is 0 Å². The summed E-state index contributed by atoms with van der Waals surface area (Å²) in [4.78, 5) is 32.6. The lowest BCUT2D eigenvalue weighted by atomic mass is 10.0. The molecule has 1 aromatic carbocycles. The average molecular weight is 282 g/mol. The summed E-state index contributed by atoms with van der Waals surface area (Å²) in [5, 5.41) is 19.5. The van der Waals surface area contributed by atoms with Crippen LogP contribution >= 0.6 is 0 Å². The number of Topliss-reactive ketones (excluding diaryl/α,β-unsaturated/α-hetero) is 1. The van der Waals surface area contributed by atoms with Gasteiger partial charge in [-0.3, -0.25) is 19.7 Å². The number of hydrogen-bond acceptors (Lipinski definition) is 6. The summed E-state index contributed by atoms with van der Waals surface area (Å²) in [7, 11) is 0. The van der Waals surface area contributed by atoms with E-state index in [1.54, 1.807) is 6.92 Å². The topological polar surface area (TPSA) is 133 Å². The summed E-state index contributed by atoms with van der Waals surface area (Å²) in [5.41, 5.74) is 5.06. The van der Waals surface area contributed by atoms with Crippen LogP contribution in [0.5, 0.6) is 5.75 Å². The Morgan fingerprint density at radius 3 is 2.65 bits per heavy atom. The van der Waals surface area contributed by atoms with Crippen LogP contribution in [0.1, 0.15) is 23.7 Å². The van der Waals surface area contributed by atoms with Crippen LogP contribution in [-0.2, 0) is 4.79 Å². The molecule has 0 aliphatic heterocycles. The molecule has 0 fully saturated rings. The summed E-state index contributed by atoms with van der Waals surface area (Å²) in [6.07, 6.45) is -0.542. The molecule has 0 bridgehead atoms. The van der Waals surface area contributed by atoms with Crippen molar-refractivity contribution >= 4 is 17.4 Å². The molecular weight excluding hydrogens is 268 g/mol. The summed E-state index contributed by atoms with van der Waals surface area (Å²) >= 11 is 0. The van der Waals surface area contributed by atoms with Gasteiger partial charge in [0.2, 0.25) is 0 Å². The number of nitrogens with two attached hydrogens (primary N) is 1. The molecule has 0 saturated carbocycles. The fraction of sp³-hybridized carbons (Fsp3) is 0.333. The lowest BCUT2D eigenvalue weighted by molar-refractivity contribution is -0.385. The number of carboxylic acid groups (broad SMARTS) is 1. The Morgan fingerprint density at radius 1 is 1.50 bits per heavy atom. The molecule has 108 valence electrons. The first-order chi connectivity index (χ1) is 9.36. The van der Waals surface area contributed by atoms with Crippen molar-refractivity contribution in [2.75, 3.05) is 6.61 Å². The molecule has 8 nitrogen and oxygen atoms in total. The summed E-state index contributed by atoms with van der Waals surface area (Å²) in [6.45, 7) is 1.91. The van der Waals surface area contributed by atoms with Crippen molar-refractivity contribution in [2.24, 2.45) is 5.73 Å². The van der Waals surface area contributed by atoms with Gasteiger partial charge >= 0.3 is 11.7 Å². The van der Waals surface area contributed by atoms with Gasteiger partial charge in [0.05, 0.1) is 24.0 Å². The highest BCUT2D eigenvalue weighted by Gasteiger charge is 2.23. The molecular formula is C12H14N2O6. The number of nitro benzene ring substituents is 1. The SMILES string of the molecule is CCOc1ccc(C(=O)C(N)CC(=O)O)cc1[N+](=O)[O-]. The zero-order valence-corrected chi connectivity index (χ0v) is 10.7. The number of nitrogens with zero attached hydrogens (tertiary/aromatic N) is 1. The molecule has 0 aliphatic carbocycles. The second-order valence-corrected chi connectivity index (χ2v) is 3.94. The molecule has 1 aromatic rings. The third kappa shape index (κ3) is 3.75. The van der Waals surface area contributed by atoms with E-state index in [1.165, 1.54) is 12.1 Å². The van der Waals surface area contributed by atoms with Crippen molar-refractivity contribution < 1.29 is 24.4 Å². The highest BCUT2D eigenvalue weighted by atomic mass is 16.6. The van der Waals surface area contributed by atoms with Crippen LogP contribution in [0.15, 0.2) is 18.2 Å². The maximum Gasteiger partial charge on any atom is 0.311 e. The molecule has 0 amide bonds. The van der Waals surface area contributed by atoms with Crippen LogP contribution in [0.25, 0.3) is 0 Å². The fourth-order valence-corrected chi connectivity index (χ4v) is 1.59. The molecule has 0 saturated heterocycles. The van der Waals surface area contributed by atoms with Crippen molar-refractivity contribution in [3.63, 3.8) is 0 Å². The third-order valence-corrected chi connectivity index (χ3v) is 2.47. The largest absolute Gasteiger partial charge is 0.487 e. The number of ketones is 1. The molecule has 1 rings (SSSR count). The number of carbonyl (C=O) groups excluding carboxylic acids is 1. The van der Waals surface area contributed by atoms with E-state index in [0.717, 1.165) is 6.07 Å². The number of aliphatic carboxylic acids is 1. The Kier molecular flexibility index (Phi) is 5.15. The van der Waals surface area contributed by atoms with Gasteiger partial charge in [0.15, 0.2) is 11.5 Å². The molecule has 0 spiro atoms. The number of carboxylic acids is 1. The number of ether oxygens (including phenoxy) is 1. The van der Waals surface area contributed by atoms with E-state index < -0.39 is 29.1 Å². The minimum atomic E-state index is -1.25. The Bertz CT molecular complexity index is 543. The zero-order chi connectivity index (χ0) is 15.3. The van der Waals surface area contributed by atoms with E-state index in [0.29, 0.717) is 0 Å². The average Bonchev–Trinajstić information content (AvgIpc) is 2.37. The van der Waals surface area contributed by atoms with E-state index >= 15 is 0 Å². The fourth-order valence-electron chi connectivity index (χ4n) is 1.59. The Labute approximate surface area is 114 Å². The second-order valence-electron chi connectivity index (χ2n) is 3.94. The van der Waals surface area contributed by atoms with E-state index in [2.05, 4.69) is 0 Å². The quantitative estimate of drug-likeness (QED) is 0.432. The van der Waals surface area contributed by atoms with Crippen LogP contribution < -0.4 is 10.5 Å². The van der Waals surface area contributed by atoms with Crippen molar-refractivity contribution in [2.45, 2.75) is 19.4 Å². The summed E-state index contributed by atoms with van der Waals surface area (Å²) in [6, 6.07) is 2.41. The number of benzene rings is 1. The van der Waals surface area contributed by atoms with Gasteiger partial charge < -0.3 is 15.6 Å². The van der Waals surface area contributed by atoms with E-state index in [4.69, 9.17) is 15.6 Å². The number of carbonyl (C=O) groups is 2. The zero-order valence-electron chi connectivity index (χ0n) is 10.7. The Morgan fingerprint density at radius 2 is 2.15 bits per heavy atom. The van der Waals surface area contributed by atoms with Gasteiger partial charge in [-0.15, -0.1) is 0 Å². The maximum atomic E-state index is 11.9. The van der Waals surface area contributed by atoms with Crippen molar-refractivity contribution in [1.82, 2.24) is 0 Å². The minimum Gasteiger partial charge on any atom is -0.487 e. The molecule has 0 aliphatic rings. The lowest BCUT2D eigenvalue weighted by Gasteiger charge is -2.09. The first kappa shape index (κ1) is 15.6. The molecule has 3 N–H and O–H groups in total. The highest BCUT2D eigenvalue weighted by Crippen LogP contribution is 2.28. The van der Waals surface area contributed by atoms with Crippen LogP contribution in [0.2, 0.25) is 0 Å². The summed E-state index contributed by atoms with van der Waals surface area (Å²) < 4.78 is 5.08. The van der Waals surface area contributed by atoms with E-state index in [9.17, 15) is 19.7 Å². The Hall–Kier alpha value is -2.48. The van der Waals surface area contributed by atoms with Gasteiger partial charge in [0, 0.05) is 11.6 Å². The first-order valence-corrected chi connectivity index (χ1v) is 5.79. The van der Waals surface area contributed by atoms with Gasteiger partial charge in [-0.2, -0.15) is 0 Å². The molecule has 0 heterocycles. The van der Waals surface area contributed by atoms with Crippen molar-refractivity contribution in [3.8, 4) is 5.75 Å². The Balaban J connectivity index is 3.08. The normalized spacial score (nSPS) is 11.7. The van der Waals surface area contributed by atoms with Gasteiger partial charge in [0.1, 0.15) is 0 Å². The molecule has 8 heteroatoms. The molecule has 1 atom stereocenters. The number of hydrogen-bond donors (Lipinski definition) is 2. The standard InChI is InChI=1S/C12H14N2O6/c1-2-20-10-4-3-7(5-9(10)14(18)19)12(17)8(13)6-11(15)16/h3-5,8H,2,6,13H2,1H3,(H,15,16). The third-order valence-electron chi connectivity index (χ3n) is 2.47. The molecule has 0 aromatic heterocycles. The van der Waals surface area contributed by atoms with Gasteiger partial charge in [0.25, 0.3) is 0 Å². The minimum absolute atomic E-state index is 0.0195. The van der Waals surface area contributed by atoms with Crippen LogP contribution in [0.4, 0.5) is 5.69 Å². The predicted molar refractivity (Wildman–Crippen MR) is 68.8 cm³/mol. The molecule has 0 radical (unpaired) electrons. The number of nitro groups is 1. The smallest absolute Gasteiger partial charge is 0.311 e.